The van der Waals surface area contributed by atoms with E-state index in [1.54, 1.807) is 19.6 Å². The minimum atomic E-state index is -0.662. The third-order valence-electron chi connectivity index (χ3n) is 5.07. The molecular weight excluding hydrogens is 286 g/mol. The van der Waals surface area contributed by atoms with Crippen LogP contribution in [-0.2, 0) is 16.1 Å². The molecule has 0 bridgehead atoms. The lowest BCUT2D eigenvalue weighted by atomic mass is 9.82. The minimum Gasteiger partial charge on any atom is -0.392 e. The molecule has 1 aromatic heterocycles. The van der Waals surface area contributed by atoms with Crippen LogP contribution in [0.4, 0.5) is 0 Å². The molecule has 3 aliphatic heterocycles. The number of carbonyl (C=O) groups is 2. The van der Waals surface area contributed by atoms with Crippen LogP contribution in [0.15, 0.2) is 12.5 Å². The van der Waals surface area contributed by atoms with Crippen LogP contribution in [0, 0.1) is 0 Å². The molecule has 2 atom stereocenters. The number of nitrogens with one attached hydrogen (secondary N) is 1. The minimum absolute atomic E-state index is 0.149. The van der Waals surface area contributed by atoms with Gasteiger partial charge in [0.05, 0.1) is 18.5 Å². The number of aliphatic hydroxyl groups excluding tert-OH is 1. The Labute approximate surface area is 127 Å². The maximum Gasteiger partial charge on any atom is 0.252 e. The summed E-state index contributed by atoms with van der Waals surface area (Å²) in [6.07, 6.45) is 3.28. The van der Waals surface area contributed by atoms with Crippen molar-refractivity contribution in [3.8, 4) is 0 Å². The van der Waals surface area contributed by atoms with E-state index in [1.807, 2.05) is 4.90 Å². The maximum atomic E-state index is 12.7. The molecule has 2 unspecified atom stereocenters. The van der Waals surface area contributed by atoms with Crippen molar-refractivity contribution >= 4 is 11.8 Å². The summed E-state index contributed by atoms with van der Waals surface area (Å²) in [5.41, 5.74) is 0.339. The molecule has 8 nitrogen and oxygen atoms in total. The Morgan fingerprint density at radius 1 is 1.45 bits per heavy atom. The molecule has 0 radical (unpaired) electrons. The van der Waals surface area contributed by atoms with E-state index in [0.717, 1.165) is 5.69 Å². The highest BCUT2D eigenvalue weighted by Crippen LogP contribution is 2.40. The number of carbonyl (C=O) groups excluding carboxylic acids is 2. The molecule has 1 spiro atoms. The van der Waals surface area contributed by atoms with E-state index in [0.29, 0.717) is 32.6 Å². The molecular formula is C14H19N5O3. The second kappa shape index (κ2) is 4.61. The van der Waals surface area contributed by atoms with Crippen molar-refractivity contribution in [2.75, 3.05) is 26.7 Å². The monoisotopic (exact) mass is 305 g/mol. The van der Waals surface area contributed by atoms with Gasteiger partial charge in [-0.1, -0.05) is 0 Å². The van der Waals surface area contributed by atoms with Gasteiger partial charge in [-0.2, -0.15) is 0 Å². The summed E-state index contributed by atoms with van der Waals surface area (Å²) >= 11 is 0. The number of fused-ring (bicyclic) bond motifs is 2. The number of hydrogen-bond acceptors (Lipinski definition) is 6. The molecule has 3 fully saturated rings. The molecule has 0 aliphatic carbocycles. The third kappa shape index (κ3) is 1.77. The highest BCUT2D eigenvalue weighted by Gasteiger charge is 2.63. The number of hydrogen-bond donors (Lipinski definition) is 2. The standard InChI is InChI=1S/C14H19N5O3/c1-17-12(21)11-2-10(20)5-19(11)14(13(17)22)6-18(7-14)4-9-3-15-8-16-9/h3,8,10-11,20H,2,4-7H2,1H3,(H,15,16). The van der Waals surface area contributed by atoms with Crippen molar-refractivity contribution < 1.29 is 14.7 Å². The van der Waals surface area contributed by atoms with Crippen LogP contribution in [0.1, 0.15) is 12.1 Å². The first-order valence-corrected chi connectivity index (χ1v) is 7.48. The molecule has 0 aromatic carbocycles. The van der Waals surface area contributed by atoms with Gasteiger partial charge in [-0.15, -0.1) is 0 Å². The number of imidazole rings is 1. The number of H-pyrrole nitrogens is 1. The average Bonchev–Trinajstić information content (AvgIpc) is 3.08. The van der Waals surface area contributed by atoms with Gasteiger partial charge in [-0.3, -0.25) is 24.3 Å². The number of likely N-dealkylation sites (tertiary alicyclic amines) is 1. The first kappa shape index (κ1) is 13.9. The number of piperazine rings is 1. The molecule has 2 amide bonds. The zero-order valence-corrected chi connectivity index (χ0v) is 12.4. The predicted octanol–water partition coefficient (Wildman–Crippen LogP) is -1.60. The number of aromatic nitrogens is 2. The second-order valence-electron chi connectivity index (χ2n) is 6.51. The summed E-state index contributed by atoms with van der Waals surface area (Å²) < 4.78 is 0. The van der Waals surface area contributed by atoms with Gasteiger partial charge in [0.1, 0.15) is 5.54 Å². The SMILES string of the molecule is CN1C(=O)C2CC(O)CN2C2(CN(Cc3cnc[nH]3)C2)C1=O. The number of nitrogens with zero attached hydrogens (tertiary/aromatic N) is 4. The number of amides is 2. The van der Waals surface area contributed by atoms with Gasteiger partial charge >= 0.3 is 0 Å². The topological polar surface area (TPSA) is 92.8 Å². The average molecular weight is 305 g/mol. The van der Waals surface area contributed by atoms with E-state index >= 15 is 0 Å². The Morgan fingerprint density at radius 2 is 2.23 bits per heavy atom. The predicted molar refractivity (Wildman–Crippen MR) is 75.5 cm³/mol. The molecule has 4 rings (SSSR count). The zero-order chi connectivity index (χ0) is 15.5. The number of likely N-dealkylation sites (N-methyl/N-ethyl adjacent to an activating group) is 1. The Hall–Kier alpha value is -1.77. The van der Waals surface area contributed by atoms with E-state index < -0.39 is 11.6 Å². The zero-order valence-electron chi connectivity index (χ0n) is 12.4. The first-order valence-electron chi connectivity index (χ1n) is 7.48. The number of imide groups is 1. The number of β-amino-alcohol motifs (C(OH)–C–C–N with tert-alkyl or cyclic N) is 1. The number of rotatable bonds is 2. The van der Waals surface area contributed by atoms with E-state index in [2.05, 4.69) is 14.9 Å². The molecule has 1 aromatic rings. The fourth-order valence-corrected chi connectivity index (χ4v) is 4.01. The van der Waals surface area contributed by atoms with Gasteiger partial charge < -0.3 is 10.1 Å². The van der Waals surface area contributed by atoms with Crippen molar-refractivity contribution in [2.45, 2.75) is 30.7 Å². The van der Waals surface area contributed by atoms with Gasteiger partial charge in [0.15, 0.2) is 0 Å². The molecule has 0 saturated carbocycles. The Bertz CT molecular complexity index is 610. The summed E-state index contributed by atoms with van der Waals surface area (Å²) in [6, 6.07) is -0.369. The van der Waals surface area contributed by atoms with E-state index in [1.165, 1.54) is 4.90 Å². The second-order valence-corrected chi connectivity index (χ2v) is 6.51. The maximum absolute atomic E-state index is 12.7. The van der Waals surface area contributed by atoms with Crippen LogP contribution in [-0.4, -0.2) is 86.0 Å². The summed E-state index contributed by atoms with van der Waals surface area (Å²) in [5, 5.41) is 9.92. The Balaban J connectivity index is 1.55. The Kier molecular flexibility index (Phi) is 2.91. The van der Waals surface area contributed by atoms with Gasteiger partial charge in [0.2, 0.25) is 5.91 Å². The van der Waals surface area contributed by atoms with E-state index in [4.69, 9.17) is 0 Å². The normalized spacial score (nSPS) is 31.6. The summed E-state index contributed by atoms with van der Waals surface area (Å²) in [7, 11) is 1.55. The van der Waals surface area contributed by atoms with Crippen LogP contribution in [0.25, 0.3) is 0 Å². The smallest absolute Gasteiger partial charge is 0.252 e. The quantitative estimate of drug-likeness (QED) is 0.639. The van der Waals surface area contributed by atoms with Crippen molar-refractivity contribution in [1.29, 1.82) is 0 Å². The molecule has 118 valence electrons. The van der Waals surface area contributed by atoms with Crippen molar-refractivity contribution in [2.24, 2.45) is 0 Å². The highest BCUT2D eigenvalue weighted by molar-refractivity contribution is 6.05. The molecule has 3 saturated heterocycles. The molecule has 2 N–H and O–H groups in total. The number of aromatic amines is 1. The van der Waals surface area contributed by atoms with Crippen LogP contribution < -0.4 is 0 Å². The molecule has 8 heteroatoms. The molecule has 3 aliphatic rings. The van der Waals surface area contributed by atoms with Crippen LogP contribution in [0.3, 0.4) is 0 Å². The van der Waals surface area contributed by atoms with Crippen molar-refractivity contribution in [3.05, 3.63) is 18.2 Å². The fourth-order valence-electron chi connectivity index (χ4n) is 4.01. The van der Waals surface area contributed by atoms with Gasteiger partial charge in [0, 0.05) is 45.1 Å². The fraction of sp³-hybridized carbons (Fsp3) is 0.643. The van der Waals surface area contributed by atoms with E-state index in [-0.39, 0.29) is 17.9 Å². The van der Waals surface area contributed by atoms with Crippen LogP contribution in [0.2, 0.25) is 0 Å². The first-order chi connectivity index (χ1) is 10.5. The Morgan fingerprint density at radius 3 is 2.91 bits per heavy atom. The van der Waals surface area contributed by atoms with Crippen molar-refractivity contribution in [3.63, 3.8) is 0 Å². The number of aliphatic hydroxyl groups is 1. The van der Waals surface area contributed by atoms with Gasteiger partial charge in [0.25, 0.3) is 5.91 Å². The highest BCUT2D eigenvalue weighted by atomic mass is 16.3. The van der Waals surface area contributed by atoms with E-state index in [9.17, 15) is 14.7 Å². The van der Waals surface area contributed by atoms with Gasteiger partial charge in [-0.25, -0.2) is 4.98 Å². The summed E-state index contributed by atoms with van der Waals surface area (Å²) in [5.74, 6) is -0.345. The lowest BCUT2D eigenvalue weighted by Crippen LogP contribution is -2.80. The van der Waals surface area contributed by atoms with Gasteiger partial charge in [-0.05, 0) is 6.42 Å². The molecule has 22 heavy (non-hydrogen) atoms. The summed E-state index contributed by atoms with van der Waals surface area (Å²) in [6.45, 7) is 2.25. The molecule has 4 heterocycles. The van der Waals surface area contributed by atoms with Crippen molar-refractivity contribution in [1.82, 2.24) is 24.7 Å². The lowest BCUT2D eigenvalue weighted by Gasteiger charge is -2.58. The van der Waals surface area contributed by atoms with Crippen LogP contribution >= 0.6 is 0 Å². The summed E-state index contributed by atoms with van der Waals surface area (Å²) in [4.78, 5) is 37.3. The largest absolute Gasteiger partial charge is 0.392 e. The lowest BCUT2D eigenvalue weighted by molar-refractivity contribution is -0.178. The third-order valence-corrected chi connectivity index (χ3v) is 5.07. The van der Waals surface area contributed by atoms with Crippen LogP contribution in [0.5, 0.6) is 0 Å².